The summed E-state index contributed by atoms with van der Waals surface area (Å²) >= 11 is 0. The zero-order chi connectivity index (χ0) is 12.4. The van der Waals surface area contributed by atoms with Gasteiger partial charge in [-0.25, -0.2) is 0 Å². The van der Waals surface area contributed by atoms with Gasteiger partial charge in [-0.15, -0.1) is 0 Å². The first kappa shape index (κ1) is 12.1. The molecule has 0 aliphatic carbocycles. The Bertz CT molecular complexity index is 395. The van der Waals surface area contributed by atoms with Crippen LogP contribution in [0.3, 0.4) is 0 Å². The molecule has 2 unspecified atom stereocenters. The number of hydrogen-bond donors (Lipinski definition) is 1. The van der Waals surface area contributed by atoms with E-state index in [2.05, 4.69) is 15.5 Å². The number of rotatable bonds is 2. The van der Waals surface area contributed by atoms with Crippen molar-refractivity contribution in [1.82, 2.24) is 15.5 Å². The lowest BCUT2D eigenvalue weighted by Crippen LogP contribution is -2.34. The summed E-state index contributed by atoms with van der Waals surface area (Å²) in [5.74, 6) is 1.19. The highest BCUT2D eigenvalue weighted by molar-refractivity contribution is 5.02. The van der Waals surface area contributed by atoms with Gasteiger partial charge < -0.3 is 19.3 Å². The summed E-state index contributed by atoms with van der Waals surface area (Å²) in [6.07, 6.45) is 3.06. The molecular formula is C12H19N3O3. The highest BCUT2D eigenvalue weighted by atomic mass is 16.5. The first-order valence-corrected chi connectivity index (χ1v) is 6.58. The van der Waals surface area contributed by atoms with E-state index in [1.807, 2.05) is 6.92 Å². The Kier molecular flexibility index (Phi) is 3.32. The third-order valence-electron chi connectivity index (χ3n) is 3.59. The lowest BCUT2D eigenvalue weighted by atomic mass is 9.95. The molecule has 6 nitrogen and oxygen atoms in total. The predicted octanol–water partition coefficient (Wildman–Crippen LogP) is 1.15. The second-order valence-corrected chi connectivity index (χ2v) is 5.06. The van der Waals surface area contributed by atoms with Crippen LogP contribution >= 0.6 is 0 Å². The molecule has 18 heavy (non-hydrogen) atoms. The molecule has 0 amide bonds. The van der Waals surface area contributed by atoms with Crippen molar-refractivity contribution in [1.29, 1.82) is 0 Å². The van der Waals surface area contributed by atoms with Gasteiger partial charge in [0.15, 0.2) is 0 Å². The Balaban J connectivity index is 1.75. The maximum Gasteiger partial charge on any atom is 0.257 e. The smallest absolute Gasteiger partial charge is 0.257 e. The first-order valence-electron chi connectivity index (χ1n) is 6.58. The van der Waals surface area contributed by atoms with Crippen LogP contribution in [-0.4, -0.2) is 36.4 Å². The van der Waals surface area contributed by atoms with Crippen molar-refractivity contribution in [3.8, 4) is 0 Å². The lowest BCUT2D eigenvalue weighted by molar-refractivity contribution is -0.0770. The van der Waals surface area contributed by atoms with Crippen molar-refractivity contribution < 1.29 is 14.0 Å². The molecule has 0 aromatic carbocycles. The summed E-state index contributed by atoms with van der Waals surface area (Å²) < 4.78 is 16.7. The van der Waals surface area contributed by atoms with Crippen LogP contribution in [0.5, 0.6) is 0 Å². The predicted molar refractivity (Wildman–Crippen MR) is 63.0 cm³/mol. The molecule has 2 saturated heterocycles. The third kappa shape index (κ3) is 2.28. The molecule has 6 heteroatoms. The summed E-state index contributed by atoms with van der Waals surface area (Å²) in [7, 11) is 0. The summed E-state index contributed by atoms with van der Waals surface area (Å²) in [4.78, 5) is 4.46. The van der Waals surface area contributed by atoms with Gasteiger partial charge in [-0.3, -0.25) is 0 Å². The fraction of sp³-hybridized carbons (Fsp3) is 0.833. The second kappa shape index (κ2) is 4.95. The van der Waals surface area contributed by atoms with Gasteiger partial charge in [0.05, 0.1) is 6.61 Å². The molecule has 2 aliphatic heterocycles. The van der Waals surface area contributed by atoms with Crippen molar-refractivity contribution in [3.05, 3.63) is 11.7 Å². The summed E-state index contributed by atoms with van der Waals surface area (Å²) in [5.41, 5.74) is -0.401. The molecule has 0 spiro atoms. The zero-order valence-corrected chi connectivity index (χ0v) is 10.6. The maximum absolute atomic E-state index is 5.81. The van der Waals surface area contributed by atoms with Gasteiger partial charge in [0.2, 0.25) is 5.82 Å². The average Bonchev–Trinajstić information content (AvgIpc) is 2.91. The quantitative estimate of drug-likeness (QED) is 0.852. The standard InChI is InChI=1S/C12H19N3O3/c1-12(4-2-3-6-17-12)11-14-10(18-15-11)9-8-13-5-7-16-9/h9,13H,2-8H2,1H3. The molecule has 3 rings (SSSR count). The molecule has 0 bridgehead atoms. The fourth-order valence-electron chi connectivity index (χ4n) is 2.42. The van der Waals surface area contributed by atoms with Crippen LogP contribution in [0, 0.1) is 0 Å². The Morgan fingerprint density at radius 1 is 1.33 bits per heavy atom. The molecule has 0 radical (unpaired) electrons. The molecule has 1 aromatic heterocycles. The van der Waals surface area contributed by atoms with Crippen molar-refractivity contribution in [2.45, 2.75) is 37.9 Å². The molecule has 3 heterocycles. The number of nitrogens with one attached hydrogen (secondary N) is 1. The molecule has 2 fully saturated rings. The van der Waals surface area contributed by atoms with Crippen LogP contribution in [0.4, 0.5) is 0 Å². The van der Waals surface area contributed by atoms with Gasteiger partial charge in [0.25, 0.3) is 5.89 Å². The van der Waals surface area contributed by atoms with E-state index < -0.39 is 5.60 Å². The lowest BCUT2D eigenvalue weighted by Gasteiger charge is -2.30. The summed E-state index contributed by atoms with van der Waals surface area (Å²) in [6.45, 7) is 5.07. The van der Waals surface area contributed by atoms with E-state index in [-0.39, 0.29) is 6.10 Å². The number of ether oxygens (including phenoxy) is 2. The van der Waals surface area contributed by atoms with Crippen molar-refractivity contribution in [3.63, 3.8) is 0 Å². The molecule has 2 atom stereocenters. The molecule has 0 saturated carbocycles. The molecule has 1 N–H and O–H groups in total. The largest absolute Gasteiger partial charge is 0.367 e. The van der Waals surface area contributed by atoms with Crippen molar-refractivity contribution >= 4 is 0 Å². The van der Waals surface area contributed by atoms with Gasteiger partial charge in [-0.1, -0.05) is 5.16 Å². The van der Waals surface area contributed by atoms with Crippen LogP contribution in [0.15, 0.2) is 4.52 Å². The van der Waals surface area contributed by atoms with Gasteiger partial charge >= 0.3 is 0 Å². The van der Waals surface area contributed by atoms with E-state index in [0.717, 1.165) is 39.0 Å². The molecule has 100 valence electrons. The zero-order valence-electron chi connectivity index (χ0n) is 10.6. The first-order chi connectivity index (χ1) is 8.78. The van der Waals surface area contributed by atoms with E-state index in [9.17, 15) is 0 Å². The number of nitrogens with zero attached hydrogens (tertiary/aromatic N) is 2. The Hall–Kier alpha value is -0.980. The third-order valence-corrected chi connectivity index (χ3v) is 3.59. The van der Waals surface area contributed by atoms with E-state index in [4.69, 9.17) is 14.0 Å². The highest BCUT2D eigenvalue weighted by Gasteiger charge is 2.36. The summed E-state index contributed by atoms with van der Waals surface area (Å²) in [6, 6.07) is 0. The molecule has 2 aliphatic rings. The fourth-order valence-corrected chi connectivity index (χ4v) is 2.42. The SMILES string of the molecule is CC1(c2noc(C3CNCCO3)n2)CCCCO1. The van der Waals surface area contributed by atoms with Crippen LogP contribution in [-0.2, 0) is 15.1 Å². The average molecular weight is 253 g/mol. The van der Waals surface area contributed by atoms with Crippen LogP contribution in [0.2, 0.25) is 0 Å². The van der Waals surface area contributed by atoms with Gasteiger partial charge in [-0.05, 0) is 26.2 Å². The Morgan fingerprint density at radius 3 is 3.00 bits per heavy atom. The van der Waals surface area contributed by atoms with Crippen LogP contribution in [0.25, 0.3) is 0 Å². The number of hydrogen-bond acceptors (Lipinski definition) is 6. The Labute approximate surface area is 106 Å². The van der Waals surface area contributed by atoms with Crippen LogP contribution in [0.1, 0.15) is 44.0 Å². The summed E-state index contributed by atoms with van der Waals surface area (Å²) in [5, 5.41) is 7.32. The maximum atomic E-state index is 5.81. The van der Waals surface area contributed by atoms with E-state index in [1.54, 1.807) is 0 Å². The van der Waals surface area contributed by atoms with Gasteiger partial charge in [0.1, 0.15) is 11.7 Å². The number of aromatic nitrogens is 2. The minimum Gasteiger partial charge on any atom is -0.367 e. The highest BCUT2D eigenvalue weighted by Crippen LogP contribution is 2.33. The van der Waals surface area contributed by atoms with E-state index in [0.29, 0.717) is 18.3 Å². The van der Waals surface area contributed by atoms with E-state index >= 15 is 0 Å². The monoisotopic (exact) mass is 253 g/mol. The van der Waals surface area contributed by atoms with E-state index in [1.165, 1.54) is 0 Å². The Morgan fingerprint density at radius 2 is 2.28 bits per heavy atom. The molecule has 1 aromatic rings. The minimum absolute atomic E-state index is 0.132. The number of morpholine rings is 1. The van der Waals surface area contributed by atoms with Crippen molar-refractivity contribution in [2.24, 2.45) is 0 Å². The topological polar surface area (TPSA) is 69.4 Å². The van der Waals surface area contributed by atoms with Gasteiger partial charge in [0, 0.05) is 19.7 Å². The van der Waals surface area contributed by atoms with Gasteiger partial charge in [-0.2, -0.15) is 4.98 Å². The minimum atomic E-state index is -0.401. The normalized spacial score (nSPS) is 33.5. The molecular weight excluding hydrogens is 234 g/mol. The van der Waals surface area contributed by atoms with Crippen molar-refractivity contribution in [2.75, 3.05) is 26.3 Å². The second-order valence-electron chi connectivity index (χ2n) is 5.06. The van der Waals surface area contributed by atoms with Crippen LogP contribution < -0.4 is 5.32 Å².